The van der Waals surface area contributed by atoms with E-state index in [-0.39, 0.29) is 5.89 Å². The molecule has 152 valence electrons. The second kappa shape index (κ2) is 9.73. The number of rotatable bonds is 9. The number of benzene rings is 2. The molecule has 2 aromatic carbocycles. The van der Waals surface area contributed by atoms with E-state index < -0.39 is 12.1 Å². The lowest BCUT2D eigenvalue weighted by molar-refractivity contribution is 0.0279. The molecule has 0 amide bonds. The van der Waals surface area contributed by atoms with Gasteiger partial charge in [-0.3, -0.25) is 0 Å². The number of hydrogen-bond acceptors (Lipinski definition) is 7. The molecular weight excluding hydrogens is 372 g/mol. The Labute approximate surface area is 169 Å². The van der Waals surface area contributed by atoms with Crippen molar-refractivity contribution in [1.29, 1.82) is 0 Å². The summed E-state index contributed by atoms with van der Waals surface area (Å²) >= 11 is 0. The molecule has 1 aromatic heterocycles. The summed E-state index contributed by atoms with van der Waals surface area (Å²) in [5, 5.41) is 8.02. The van der Waals surface area contributed by atoms with Gasteiger partial charge in [0.2, 0.25) is 5.89 Å². The van der Waals surface area contributed by atoms with Gasteiger partial charge in [0.25, 0.3) is 5.89 Å². The van der Waals surface area contributed by atoms with Crippen LogP contribution in [0, 0.1) is 0 Å². The zero-order valence-corrected chi connectivity index (χ0v) is 16.8. The number of nitrogens with zero attached hydrogens (tertiary/aromatic N) is 2. The number of aromatic nitrogens is 2. The molecular formula is C22H24N2O5. The van der Waals surface area contributed by atoms with Crippen molar-refractivity contribution in [3.8, 4) is 23.0 Å². The second-order valence-electron chi connectivity index (χ2n) is 6.30. The van der Waals surface area contributed by atoms with Crippen molar-refractivity contribution in [2.75, 3.05) is 13.2 Å². The summed E-state index contributed by atoms with van der Waals surface area (Å²) in [6.45, 7) is 6.61. The zero-order valence-electron chi connectivity index (χ0n) is 16.8. The Balaban J connectivity index is 1.71. The van der Waals surface area contributed by atoms with Gasteiger partial charge in [0.05, 0.1) is 18.8 Å². The molecule has 0 radical (unpaired) electrons. The van der Waals surface area contributed by atoms with Gasteiger partial charge in [-0.15, -0.1) is 10.2 Å². The Morgan fingerprint density at radius 2 is 1.83 bits per heavy atom. The van der Waals surface area contributed by atoms with Crippen LogP contribution in [-0.2, 0) is 4.74 Å². The van der Waals surface area contributed by atoms with E-state index in [0.717, 1.165) is 12.0 Å². The first-order chi connectivity index (χ1) is 14.1. The van der Waals surface area contributed by atoms with Crippen LogP contribution in [0.4, 0.5) is 0 Å². The summed E-state index contributed by atoms with van der Waals surface area (Å²) in [5.41, 5.74) is 1.15. The molecule has 29 heavy (non-hydrogen) atoms. The van der Waals surface area contributed by atoms with E-state index in [1.54, 1.807) is 25.1 Å². The molecule has 1 heterocycles. The van der Waals surface area contributed by atoms with E-state index in [4.69, 9.17) is 18.6 Å². The van der Waals surface area contributed by atoms with Gasteiger partial charge >= 0.3 is 5.97 Å². The molecule has 0 spiro atoms. The summed E-state index contributed by atoms with van der Waals surface area (Å²) in [4.78, 5) is 12.6. The maximum Gasteiger partial charge on any atom is 0.339 e. The molecule has 3 aromatic rings. The summed E-state index contributed by atoms with van der Waals surface area (Å²) in [6, 6.07) is 14.4. The van der Waals surface area contributed by atoms with Gasteiger partial charge in [-0.25, -0.2) is 4.79 Å². The fourth-order valence-electron chi connectivity index (χ4n) is 2.61. The molecule has 7 heteroatoms. The Morgan fingerprint density at radius 1 is 1.03 bits per heavy atom. The third kappa shape index (κ3) is 5.13. The Morgan fingerprint density at radius 3 is 2.55 bits per heavy atom. The Bertz CT molecular complexity index is 939. The van der Waals surface area contributed by atoms with Crippen LogP contribution in [0.1, 0.15) is 49.5 Å². The normalized spacial score (nSPS) is 11.7. The van der Waals surface area contributed by atoms with E-state index in [0.29, 0.717) is 36.2 Å². The molecule has 0 aliphatic carbocycles. The fourth-order valence-corrected chi connectivity index (χ4v) is 2.61. The predicted octanol–water partition coefficient (Wildman–Crippen LogP) is 4.84. The lowest BCUT2D eigenvalue weighted by atomic mass is 10.2. The van der Waals surface area contributed by atoms with E-state index in [2.05, 4.69) is 10.2 Å². The largest absolute Gasteiger partial charge is 0.490 e. The summed E-state index contributed by atoms with van der Waals surface area (Å²) in [7, 11) is 0. The van der Waals surface area contributed by atoms with Crippen LogP contribution in [0.5, 0.6) is 11.5 Å². The number of hydrogen-bond donors (Lipinski definition) is 0. The van der Waals surface area contributed by atoms with E-state index >= 15 is 0 Å². The van der Waals surface area contributed by atoms with Gasteiger partial charge in [-0.1, -0.05) is 25.1 Å². The minimum Gasteiger partial charge on any atom is -0.490 e. The molecule has 0 aliphatic heterocycles. The second-order valence-corrected chi connectivity index (χ2v) is 6.30. The molecule has 0 aliphatic rings. The van der Waals surface area contributed by atoms with Crippen molar-refractivity contribution in [3.63, 3.8) is 0 Å². The van der Waals surface area contributed by atoms with Crippen LogP contribution in [0.2, 0.25) is 0 Å². The highest BCUT2D eigenvalue weighted by molar-refractivity contribution is 5.90. The summed E-state index contributed by atoms with van der Waals surface area (Å²) in [6.07, 6.45) is 0.182. The molecule has 1 unspecified atom stereocenters. The Hall–Kier alpha value is -3.35. The number of carbonyl (C=O) groups is 1. The minimum atomic E-state index is -0.695. The molecule has 0 fully saturated rings. The average Bonchev–Trinajstić information content (AvgIpc) is 3.24. The van der Waals surface area contributed by atoms with E-state index in [9.17, 15) is 4.79 Å². The van der Waals surface area contributed by atoms with E-state index in [1.165, 1.54) is 0 Å². The third-order valence-corrected chi connectivity index (χ3v) is 4.03. The maximum atomic E-state index is 12.6. The van der Waals surface area contributed by atoms with Crippen molar-refractivity contribution in [3.05, 3.63) is 60.0 Å². The molecule has 3 rings (SSSR count). The van der Waals surface area contributed by atoms with Crippen LogP contribution in [0.25, 0.3) is 11.5 Å². The first-order valence-electron chi connectivity index (χ1n) is 9.61. The molecule has 1 atom stereocenters. The van der Waals surface area contributed by atoms with Crippen molar-refractivity contribution in [2.24, 2.45) is 0 Å². The Kier molecular flexibility index (Phi) is 6.84. The fraction of sp³-hybridized carbons (Fsp3) is 0.318. The molecule has 0 bridgehead atoms. The zero-order chi connectivity index (χ0) is 20.6. The SMILES string of the molecule is CCCOc1ccc(C(=O)OC(C)c2nnc(-c3ccccc3)o2)cc1OCC. The first kappa shape index (κ1) is 20.4. The summed E-state index contributed by atoms with van der Waals surface area (Å²) in [5.74, 6) is 1.19. The van der Waals surface area contributed by atoms with Gasteiger partial charge in [-0.05, 0) is 50.6 Å². The number of esters is 1. The van der Waals surface area contributed by atoms with Gasteiger partial charge in [-0.2, -0.15) is 0 Å². The highest BCUT2D eigenvalue weighted by atomic mass is 16.6. The van der Waals surface area contributed by atoms with Gasteiger partial charge < -0.3 is 18.6 Å². The van der Waals surface area contributed by atoms with Crippen LogP contribution < -0.4 is 9.47 Å². The lowest BCUT2D eigenvalue weighted by Gasteiger charge is -2.14. The highest BCUT2D eigenvalue weighted by Crippen LogP contribution is 2.30. The van der Waals surface area contributed by atoms with Gasteiger partial charge in [0.1, 0.15) is 0 Å². The quantitative estimate of drug-likeness (QED) is 0.478. The number of ether oxygens (including phenoxy) is 3. The standard InChI is InChI=1S/C22H24N2O5/c1-4-13-27-18-12-11-17(14-19(18)26-5-2)22(25)28-15(3)20-23-24-21(29-20)16-9-7-6-8-10-16/h6-12,14-15H,4-5,13H2,1-3H3. The van der Waals surface area contributed by atoms with Crippen LogP contribution in [-0.4, -0.2) is 29.4 Å². The topological polar surface area (TPSA) is 83.7 Å². The average molecular weight is 396 g/mol. The minimum absolute atomic E-state index is 0.227. The van der Waals surface area contributed by atoms with Crippen LogP contribution >= 0.6 is 0 Å². The van der Waals surface area contributed by atoms with Crippen LogP contribution in [0.15, 0.2) is 52.9 Å². The summed E-state index contributed by atoms with van der Waals surface area (Å²) < 4.78 is 22.4. The third-order valence-electron chi connectivity index (χ3n) is 4.03. The van der Waals surface area contributed by atoms with Crippen molar-refractivity contribution in [2.45, 2.75) is 33.3 Å². The smallest absolute Gasteiger partial charge is 0.339 e. The van der Waals surface area contributed by atoms with Crippen molar-refractivity contribution in [1.82, 2.24) is 10.2 Å². The van der Waals surface area contributed by atoms with Crippen LogP contribution in [0.3, 0.4) is 0 Å². The molecule has 7 nitrogen and oxygen atoms in total. The molecule has 0 saturated heterocycles. The first-order valence-corrected chi connectivity index (χ1v) is 9.61. The van der Waals surface area contributed by atoms with Gasteiger partial charge in [0.15, 0.2) is 17.6 Å². The molecule has 0 saturated carbocycles. The lowest BCUT2D eigenvalue weighted by Crippen LogP contribution is -2.10. The van der Waals surface area contributed by atoms with Crippen molar-refractivity contribution < 1.29 is 23.4 Å². The van der Waals surface area contributed by atoms with Gasteiger partial charge in [0, 0.05) is 5.56 Å². The maximum absolute atomic E-state index is 12.6. The van der Waals surface area contributed by atoms with Crippen molar-refractivity contribution >= 4 is 5.97 Å². The highest BCUT2D eigenvalue weighted by Gasteiger charge is 2.21. The van der Waals surface area contributed by atoms with E-state index in [1.807, 2.05) is 44.2 Å². The number of carbonyl (C=O) groups excluding carboxylic acids is 1. The monoisotopic (exact) mass is 396 g/mol. The predicted molar refractivity (Wildman–Crippen MR) is 107 cm³/mol. The molecule has 0 N–H and O–H groups in total.